The van der Waals surface area contributed by atoms with E-state index in [1.807, 2.05) is 0 Å². The molecule has 2 aromatic carbocycles. The molecule has 0 radical (unpaired) electrons. The van der Waals surface area contributed by atoms with E-state index in [1.165, 1.54) is 24.3 Å². The molecule has 2 nitrogen and oxygen atoms in total. The van der Waals surface area contributed by atoms with Gasteiger partial charge < -0.3 is 0 Å². The highest BCUT2D eigenvalue weighted by molar-refractivity contribution is 9.10. The second-order valence-corrected chi connectivity index (χ2v) is 7.71. The third kappa shape index (κ3) is 3.78. The van der Waals surface area contributed by atoms with Gasteiger partial charge in [0.2, 0.25) is 15.7 Å². The minimum Gasteiger partial charge on any atom is -0.221 e. The molecule has 0 fully saturated rings. The van der Waals surface area contributed by atoms with E-state index in [0.717, 1.165) is 0 Å². The molecule has 0 heterocycles. The van der Waals surface area contributed by atoms with Crippen LogP contribution >= 0.6 is 15.9 Å². The molecule has 0 bridgehead atoms. The molecule has 0 atom stereocenters. The van der Waals surface area contributed by atoms with E-state index in [-0.39, 0.29) is 5.56 Å². The summed E-state index contributed by atoms with van der Waals surface area (Å²) in [6, 6.07) is 5.27. The van der Waals surface area contributed by atoms with Crippen LogP contribution in [0.15, 0.2) is 33.9 Å². The second-order valence-electron chi connectivity index (χ2n) is 4.92. The Hall–Kier alpha value is -1.88. The number of hydrogen-bond acceptors (Lipinski definition) is 2. The van der Waals surface area contributed by atoms with Crippen LogP contribution in [0.5, 0.6) is 0 Å². The maximum atomic E-state index is 14.0. The van der Waals surface area contributed by atoms with E-state index in [0.29, 0.717) is 4.47 Å². The van der Waals surface area contributed by atoms with Crippen molar-refractivity contribution in [3.05, 3.63) is 74.1 Å². The van der Waals surface area contributed by atoms with Gasteiger partial charge in [0, 0.05) is 4.47 Å². The Morgan fingerprint density at radius 1 is 0.808 bits per heavy atom. The van der Waals surface area contributed by atoms with Gasteiger partial charge in [-0.2, -0.15) is 4.39 Å². The molecular formula is C15H6BrF7O2S. The number of benzene rings is 2. The van der Waals surface area contributed by atoms with Crippen LogP contribution in [0.2, 0.25) is 0 Å². The topological polar surface area (TPSA) is 34.1 Å². The molecule has 0 spiro atoms. The lowest BCUT2D eigenvalue weighted by molar-refractivity contribution is 0.374. The van der Waals surface area contributed by atoms with Crippen LogP contribution in [0.1, 0.15) is 11.1 Å². The summed E-state index contributed by atoms with van der Waals surface area (Å²) in [7, 11) is -5.09. The molecule has 0 amide bonds. The van der Waals surface area contributed by atoms with E-state index in [2.05, 4.69) is 15.9 Å². The lowest BCUT2D eigenvalue weighted by Crippen LogP contribution is -2.10. The molecule has 2 rings (SSSR count). The SMILES string of the molecule is O=S(=O)(Cc1ccc(Br)cc1)/C(F)=C(/F)c1c(F)c(F)c(F)c(F)c1F. The fourth-order valence-electron chi connectivity index (χ4n) is 1.90. The van der Waals surface area contributed by atoms with Crippen molar-refractivity contribution in [3.63, 3.8) is 0 Å². The van der Waals surface area contributed by atoms with Gasteiger partial charge in [0.1, 0.15) is 0 Å². The average molecular weight is 463 g/mol. The van der Waals surface area contributed by atoms with Crippen molar-refractivity contribution in [2.75, 3.05) is 0 Å². The van der Waals surface area contributed by atoms with E-state index in [9.17, 15) is 39.2 Å². The zero-order valence-electron chi connectivity index (χ0n) is 12.3. The predicted octanol–water partition coefficient (Wildman–Crippen LogP) is 5.32. The van der Waals surface area contributed by atoms with Crippen molar-refractivity contribution in [2.24, 2.45) is 0 Å². The van der Waals surface area contributed by atoms with Gasteiger partial charge in [0.05, 0.1) is 11.3 Å². The van der Waals surface area contributed by atoms with Gasteiger partial charge in [0.15, 0.2) is 29.1 Å². The second kappa shape index (κ2) is 7.39. The van der Waals surface area contributed by atoms with Crippen LogP contribution in [0.4, 0.5) is 30.7 Å². The fraction of sp³-hybridized carbons (Fsp3) is 0.0667. The summed E-state index contributed by atoms with van der Waals surface area (Å²) in [4.78, 5) is 0. The van der Waals surface area contributed by atoms with Gasteiger partial charge in [-0.15, -0.1) is 0 Å². The lowest BCUT2D eigenvalue weighted by atomic mass is 10.1. The lowest BCUT2D eigenvalue weighted by Gasteiger charge is -2.08. The van der Waals surface area contributed by atoms with Crippen LogP contribution < -0.4 is 0 Å². The molecule has 0 saturated carbocycles. The van der Waals surface area contributed by atoms with Gasteiger partial charge in [0.25, 0.3) is 5.16 Å². The van der Waals surface area contributed by atoms with Crippen LogP contribution in [0.25, 0.3) is 5.83 Å². The van der Waals surface area contributed by atoms with Crippen molar-refractivity contribution in [3.8, 4) is 0 Å². The van der Waals surface area contributed by atoms with Crippen molar-refractivity contribution < 1.29 is 39.2 Å². The molecule has 0 aliphatic rings. The maximum absolute atomic E-state index is 14.0. The number of hydrogen-bond donors (Lipinski definition) is 0. The minimum atomic E-state index is -5.09. The van der Waals surface area contributed by atoms with Crippen molar-refractivity contribution in [1.29, 1.82) is 0 Å². The normalized spacial score (nSPS) is 12.9. The van der Waals surface area contributed by atoms with Gasteiger partial charge in [-0.05, 0) is 17.7 Å². The van der Waals surface area contributed by atoms with Gasteiger partial charge >= 0.3 is 0 Å². The third-order valence-electron chi connectivity index (χ3n) is 3.14. The average Bonchev–Trinajstić information content (AvgIpc) is 2.59. The van der Waals surface area contributed by atoms with E-state index >= 15 is 0 Å². The third-order valence-corrected chi connectivity index (χ3v) is 5.11. The predicted molar refractivity (Wildman–Crippen MR) is 82.1 cm³/mol. The summed E-state index contributed by atoms with van der Waals surface area (Å²) in [6.07, 6.45) is 0. The van der Waals surface area contributed by atoms with Crippen LogP contribution in [-0.2, 0) is 15.6 Å². The smallest absolute Gasteiger partial charge is 0.221 e. The minimum absolute atomic E-state index is 0.00596. The first-order chi connectivity index (χ1) is 12.0. The number of halogens is 8. The first-order valence-electron chi connectivity index (χ1n) is 6.51. The Morgan fingerprint density at radius 3 is 1.69 bits per heavy atom. The Morgan fingerprint density at radius 2 is 1.23 bits per heavy atom. The summed E-state index contributed by atoms with van der Waals surface area (Å²) in [6.45, 7) is 0. The molecule has 0 aliphatic carbocycles. The largest absolute Gasteiger partial charge is 0.251 e. The van der Waals surface area contributed by atoms with Gasteiger partial charge in [-0.3, -0.25) is 0 Å². The van der Waals surface area contributed by atoms with Crippen molar-refractivity contribution in [2.45, 2.75) is 5.75 Å². The number of sulfone groups is 1. The Kier molecular flexibility index (Phi) is 5.81. The monoisotopic (exact) mass is 462 g/mol. The molecule has 0 unspecified atom stereocenters. The molecule has 0 aromatic heterocycles. The standard InChI is InChI=1S/C15H6BrF7O2S/c16-7-3-1-6(2-4-7)5-26(24,25)15(23)11(19)8-9(17)12(20)14(22)13(21)10(8)18/h1-4H,5H2/b15-11+. The van der Waals surface area contributed by atoms with Crippen molar-refractivity contribution >= 4 is 31.6 Å². The van der Waals surface area contributed by atoms with Gasteiger partial charge in [-0.25, -0.2) is 34.8 Å². The summed E-state index contributed by atoms with van der Waals surface area (Å²) >= 11 is 3.07. The van der Waals surface area contributed by atoms with Crippen molar-refractivity contribution in [1.82, 2.24) is 0 Å². The Labute approximate surface area is 151 Å². The van der Waals surface area contributed by atoms with Crippen LogP contribution in [0, 0.1) is 29.1 Å². The van der Waals surface area contributed by atoms with Gasteiger partial charge in [-0.1, -0.05) is 28.1 Å². The molecule has 140 valence electrons. The van der Waals surface area contributed by atoms with Crippen LogP contribution in [-0.4, -0.2) is 8.42 Å². The first kappa shape index (κ1) is 20.4. The molecule has 26 heavy (non-hydrogen) atoms. The van der Waals surface area contributed by atoms with E-state index < -0.39 is 61.2 Å². The first-order valence-corrected chi connectivity index (χ1v) is 8.96. The fourth-order valence-corrected chi connectivity index (χ4v) is 3.29. The Bertz CT molecular complexity index is 973. The summed E-state index contributed by atoms with van der Waals surface area (Å²) in [5, 5.41) is -2.65. The summed E-state index contributed by atoms with van der Waals surface area (Å²) in [5.41, 5.74) is -2.30. The number of rotatable bonds is 4. The molecular weight excluding hydrogens is 457 g/mol. The van der Waals surface area contributed by atoms with E-state index in [1.54, 1.807) is 0 Å². The zero-order valence-corrected chi connectivity index (χ0v) is 14.7. The quantitative estimate of drug-likeness (QED) is 0.350. The molecule has 0 N–H and O–H groups in total. The molecule has 0 saturated heterocycles. The molecule has 0 aliphatic heterocycles. The molecule has 2 aromatic rings. The van der Waals surface area contributed by atoms with E-state index in [4.69, 9.17) is 0 Å². The van der Waals surface area contributed by atoms with Crippen LogP contribution in [0.3, 0.4) is 0 Å². The summed E-state index contributed by atoms with van der Waals surface area (Å²) < 4.78 is 118. The highest BCUT2D eigenvalue weighted by atomic mass is 79.9. The zero-order chi connectivity index (χ0) is 19.8. The highest BCUT2D eigenvalue weighted by Crippen LogP contribution is 2.33. The highest BCUT2D eigenvalue weighted by Gasteiger charge is 2.33. The molecule has 11 heteroatoms. The Balaban J connectivity index is 2.57. The maximum Gasteiger partial charge on any atom is 0.251 e. The summed E-state index contributed by atoms with van der Waals surface area (Å²) in [5.74, 6) is -16.8.